The maximum Gasteiger partial charge on any atom is 0.339 e. The molecule has 32 heavy (non-hydrogen) atoms. The Labute approximate surface area is 188 Å². The van der Waals surface area contributed by atoms with Gasteiger partial charge in [-0.05, 0) is 60.5 Å². The van der Waals surface area contributed by atoms with Crippen molar-refractivity contribution in [2.45, 2.75) is 26.2 Å². The first kappa shape index (κ1) is 22.9. The summed E-state index contributed by atoms with van der Waals surface area (Å²) < 4.78 is 16.3. The Morgan fingerprint density at radius 2 is 1.47 bits per heavy atom. The van der Waals surface area contributed by atoms with E-state index in [1.54, 1.807) is 24.3 Å². The minimum absolute atomic E-state index is 0.166. The summed E-state index contributed by atoms with van der Waals surface area (Å²) in [6.45, 7) is 2.84. The number of amides is 1. The van der Waals surface area contributed by atoms with E-state index in [9.17, 15) is 9.59 Å². The fraction of sp³-hybridized carbons (Fsp3) is 0.231. The molecule has 0 heterocycles. The highest BCUT2D eigenvalue weighted by Crippen LogP contribution is 2.24. The van der Waals surface area contributed by atoms with Crippen molar-refractivity contribution in [2.75, 3.05) is 19.0 Å². The summed E-state index contributed by atoms with van der Waals surface area (Å²) in [5, 5.41) is 2.77. The van der Waals surface area contributed by atoms with Gasteiger partial charge in [0.1, 0.15) is 17.2 Å². The molecule has 0 aliphatic carbocycles. The van der Waals surface area contributed by atoms with Crippen LogP contribution in [-0.2, 0) is 16.0 Å². The van der Waals surface area contributed by atoms with E-state index in [0.717, 1.165) is 24.2 Å². The molecule has 3 aromatic carbocycles. The van der Waals surface area contributed by atoms with E-state index < -0.39 is 5.97 Å². The molecule has 0 saturated carbocycles. The minimum Gasteiger partial charge on any atom is -0.494 e. The van der Waals surface area contributed by atoms with Crippen LogP contribution in [0.3, 0.4) is 0 Å². The highest BCUT2D eigenvalue weighted by Gasteiger charge is 2.13. The molecule has 0 aromatic heterocycles. The second kappa shape index (κ2) is 11.6. The highest BCUT2D eigenvalue weighted by atomic mass is 16.5. The molecule has 3 aromatic rings. The van der Waals surface area contributed by atoms with Gasteiger partial charge < -0.3 is 19.5 Å². The lowest BCUT2D eigenvalue weighted by atomic mass is 10.1. The fourth-order valence-corrected chi connectivity index (χ4v) is 3.01. The van der Waals surface area contributed by atoms with Crippen LogP contribution in [0.5, 0.6) is 17.2 Å². The maximum absolute atomic E-state index is 12.4. The van der Waals surface area contributed by atoms with Gasteiger partial charge in [-0.3, -0.25) is 4.79 Å². The molecule has 166 valence electrons. The van der Waals surface area contributed by atoms with Crippen LogP contribution >= 0.6 is 0 Å². The third-order valence-corrected chi connectivity index (χ3v) is 4.72. The van der Waals surface area contributed by atoms with Crippen molar-refractivity contribution in [1.29, 1.82) is 0 Å². The first-order valence-electron chi connectivity index (χ1n) is 10.6. The van der Waals surface area contributed by atoms with Crippen LogP contribution in [0.25, 0.3) is 0 Å². The molecule has 0 saturated heterocycles. The molecule has 0 radical (unpaired) electrons. The van der Waals surface area contributed by atoms with Crippen LogP contribution in [0, 0.1) is 0 Å². The van der Waals surface area contributed by atoms with E-state index in [-0.39, 0.29) is 12.3 Å². The molecule has 1 N–H and O–H groups in total. The summed E-state index contributed by atoms with van der Waals surface area (Å²) in [4.78, 5) is 24.3. The average Bonchev–Trinajstić information content (AvgIpc) is 2.81. The van der Waals surface area contributed by atoms with Crippen LogP contribution in [0.15, 0.2) is 72.8 Å². The van der Waals surface area contributed by atoms with Gasteiger partial charge in [0.2, 0.25) is 5.91 Å². The van der Waals surface area contributed by atoms with E-state index >= 15 is 0 Å². The molecule has 1 amide bonds. The third-order valence-electron chi connectivity index (χ3n) is 4.72. The molecular formula is C26H27NO5. The van der Waals surface area contributed by atoms with E-state index in [1.165, 1.54) is 7.11 Å². The van der Waals surface area contributed by atoms with Crippen molar-refractivity contribution >= 4 is 17.6 Å². The number of ether oxygens (including phenoxy) is 3. The Balaban J connectivity index is 1.55. The monoisotopic (exact) mass is 433 g/mol. The van der Waals surface area contributed by atoms with Crippen molar-refractivity contribution < 1.29 is 23.8 Å². The summed E-state index contributed by atoms with van der Waals surface area (Å²) in [5.74, 6) is 1.47. The minimum atomic E-state index is -0.497. The standard InChI is InChI=1S/C26H27NO5/c1-3-4-17-31-20-13-15-22(16-14-20)32-21-11-9-19(10-12-21)18-25(28)27-24-8-6-5-7-23(24)26(29)30-2/h5-16H,3-4,17-18H2,1-2H3,(H,27,28). The van der Waals surface area contributed by atoms with Gasteiger partial charge in [-0.15, -0.1) is 0 Å². The number of benzene rings is 3. The maximum atomic E-state index is 12.4. The molecule has 0 aliphatic heterocycles. The van der Waals surface area contributed by atoms with Gasteiger partial charge in [-0.25, -0.2) is 4.79 Å². The molecule has 6 heteroatoms. The Morgan fingerprint density at radius 3 is 2.12 bits per heavy atom. The second-order valence-electron chi connectivity index (χ2n) is 7.18. The number of rotatable bonds is 10. The smallest absolute Gasteiger partial charge is 0.339 e. The van der Waals surface area contributed by atoms with Crippen molar-refractivity contribution in [3.05, 3.63) is 83.9 Å². The zero-order chi connectivity index (χ0) is 22.8. The number of unbranched alkanes of at least 4 members (excludes halogenated alkanes) is 1. The molecule has 0 fully saturated rings. The molecule has 0 unspecified atom stereocenters. The van der Waals surface area contributed by atoms with Crippen LogP contribution in [-0.4, -0.2) is 25.6 Å². The van der Waals surface area contributed by atoms with E-state index in [0.29, 0.717) is 29.4 Å². The van der Waals surface area contributed by atoms with Crippen LogP contribution in [0.2, 0.25) is 0 Å². The molecule has 6 nitrogen and oxygen atoms in total. The molecule has 0 atom stereocenters. The van der Waals surface area contributed by atoms with Crippen molar-refractivity contribution in [3.63, 3.8) is 0 Å². The summed E-state index contributed by atoms with van der Waals surface area (Å²) in [7, 11) is 1.31. The number of carbonyl (C=O) groups excluding carboxylic acids is 2. The number of methoxy groups -OCH3 is 1. The Morgan fingerprint density at radius 1 is 0.844 bits per heavy atom. The third kappa shape index (κ3) is 6.60. The fourth-order valence-electron chi connectivity index (χ4n) is 3.01. The van der Waals surface area contributed by atoms with E-state index in [4.69, 9.17) is 14.2 Å². The Hall–Kier alpha value is -3.80. The Kier molecular flexibility index (Phi) is 8.26. The number of anilines is 1. The van der Waals surface area contributed by atoms with Crippen molar-refractivity contribution in [1.82, 2.24) is 0 Å². The lowest BCUT2D eigenvalue weighted by Crippen LogP contribution is -2.17. The number of esters is 1. The molecule has 0 spiro atoms. The number of carbonyl (C=O) groups is 2. The van der Waals surface area contributed by atoms with Gasteiger partial charge in [0.15, 0.2) is 0 Å². The highest BCUT2D eigenvalue weighted by molar-refractivity contribution is 6.01. The van der Waals surface area contributed by atoms with Gasteiger partial charge in [-0.1, -0.05) is 37.6 Å². The number of hydrogen-bond donors (Lipinski definition) is 1. The zero-order valence-corrected chi connectivity index (χ0v) is 18.3. The van der Waals surface area contributed by atoms with Gasteiger partial charge in [0.05, 0.1) is 31.4 Å². The first-order chi connectivity index (χ1) is 15.6. The SMILES string of the molecule is CCCCOc1ccc(Oc2ccc(CC(=O)Nc3ccccc3C(=O)OC)cc2)cc1. The molecular weight excluding hydrogens is 406 g/mol. The lowest BCUT2D eigenvalue weighted by molar-refractivity contribution is -0.115. The first-order valence-corrected chi connectivity index (χ1v) is 10.6. The Bertz CT molecular complexity index is 1030. The quantitative estimate of drug-likeness (QED) is 0.332. The lowest BCUT2D eigenvalue weighted by Gasteiger charge is -2.10. The number of nitrogens with one attached hydrogen (secondary N) is 1. The van der Waals surface area contributed by atoms with Gasteiger partial charge in [0.25, 0.3) is 0 Å². The number of hydrogen-bond acceptors (Lipinski definition) is 5. The van der Waals surface area contributed by atoms with Gasteiger partial charge in [-0.2, -0.15) is 0 Å². The van der Waals surface area contributed by atoms with Crippen LogP contribution in [0.4, 0.5) is 5.69 Å². The number of para-hydroxylation sites is 1. The van der Waals surface area contributed by atoms with E-state index in [1.807, 2.05) is 48.5 Å². The zero-order valence-electron chi connectivity index (χ0n) is 18.3. The summed E-state index contributed by atoms with van der Waals surface area (Å²) in [6.07, 6.45) is 2.29. The predicted octanol–water partition coefficient (Wildman–Crippen LogP) is 5.63. The van der Waals surface area contributed by atoms with Crippen molar-refractivity contribution in [2.24, 2.45) is 0 Å². The summed E-state index contributed by atoms with van der Waals surface area (Å²) in [5.41, 5.74) is 1.56. The predicted molar refractivity (Wildman–Crippen MR) is 123 cm³/mol. The van der Waals surface area contributed by atoms with E-state index in [2.05, 4.69) is 12.2 Å². The van der Waals surface area contributed by atoms with Crippen LogP contribution < -0.4 is 14.8 Å². The topological polar surface area (TPSA) is 73.9 Å². The molecule has 0 aliphatic rings. The largest absolute Gasteiger partial charge is 0.494 e. The average molecular weight is 434 g/mol. The summed E-state index contributed by atoms with van der Waals surface area (Å²) >= 11 is 0. The van der Waals surface area contributed by atoms with Crippen molar-refractivity contribution in [3.8, 4) is 17.2 Å². The van der Waals surface area contributed by atoms with Gasteiger partial charge in [0, 0.05) is 0 Å². The summed E-state index contributed by atoms with van der Waals surface area (Å²) in [6, 6.07) is 21.5. The van der Waals surface area contributed by atoms with Gasteiger partial charge >= 0.3 is 5.97 Å². The second-order valence-corrected chi connectivity index (χ2v) is 7.18. The molecule has 0 bridgehead atoms. The van der Waals surface area contributed by atoms with Crippen LogP contribution in [0.1, 0.15) is 35.7 Å². The molecule has 3 rings (SSSR count). The normalized spacial score (nSPS) is 10.3.